The van der Waals surface area contributed by atoms with E-state index >= 15 is 0 Å². The molecule has 0 fully saturated rings. The van der Waals surface area contributed by atoms with Crippen molar-refractivity contribution in [2.45, 2.75) is 39.8 Å². The van der Waals surface area contributed by atoms with Gasteiger partial charge in [0.25, 0.3) is 5.91 Å². The zero-order chi connectivity index (χ0) is 28.0. The molecule has 1 unspecified atom stereocenters. The molecule has 11 heteroatoms. The molecule has 0 spiro atoms. The van der Waals surface area contributed by atoms with Gasteiger partial charge in [-0.25, -0.2) is 4.68 Å². The van der Waals surface area contributed by atoms with Gasteiger partial charge in [-0.2, -0.15) is 18.3 Å². The van der Waals surface area contributed by atoms with Crippen molar-refractivity contribution < 1.29 is 18.0 Å². The second kappa shape index (κ2) is 12.1. The van der Waals surface area contributed by atoms with E-state index in [0.29, 0.717) is 21.7 Å². The Kier molecular flexibility index (Phi) is 8.58. The van der Waals surface area contributed by atoms with Crippen LogP contribution in [0.15, 0.2) is 67.0 Å². The lowest BCUT2D eigenvalue weighted by Gasteiger charge is -2.27. The molecule has 204 valence electrons. The maximum absolute atomic E-state index is 13.7. The molecule has 1 N–H and O–H groups in total. The molecule has 1 atom stereocenters. The number of nitrogens with zero attached hydrogens (tertiary/aromatic N) is 6. The maximum atomic E-state index is 13.7. The normalized spacial score (nSPS) is 12.3. The Morgan fingerprint density at radius 1 is 1.08 bits per heavy atom. The molecule has 8 nitrogen and oxygen atoms in total. The summed E-state index contributed by atoms with van der Waals surface area (Å²) >= 11 is 0. The van der Waals surface area contributed by atoms with E-state index in [1.807, 2.05) is 18.2 Å². The summed E-state index contributed by atoms with van der Waals surface area (Å²) in [6.07, 6.45) is 0.313. The van der Waals surface area contributed by atoms with E-state index in [2.05, 4.69) is 51.3 Å². The van der Waals surface area contributed by atoms with Crippen molar-refractivity contribution in [1.29, 1.82) is 0 Å². The Morgan fingerprint density at radius 2 is 1.90 bits per heavy atom. The fourth-order valence-electron chi connectivity index (χ4n) is 4.05. The number of hydrogen-bond donors (Lipinski definition) is 1. The van der Waals surface area contributed by atoms with Gasteiger partial charge in [-0.3, -0.25) is 9.78 Å². The second-order valence-electron chi connectivity index (χ2n) is 9.31. The summed E-state index contributed by atoms with van der Waals surface area (Å²) in [5.74, 6) is 0.0776. The summed E-state index contributed by atoms with van der Waals surface area (Å²) in [5, 5.41) is 14.6. The van der Waals surface area contributed by atoms with Crippen LogP contribution in [-0.2, 0) is 6.18 Å². The lowest BCUT2D eigenvalue weighted by molar-refractivity contribution is -0.142. The Hall–Kier alpha value is -4.28. The van der Waals surface area contributed by atoms with Gasteiger partial charge in [0, 0.05) is 42.3 Å². The lowest BCUT2D eigenvalue weighted by Crippen LogP contribution is -2.29. The predicted molar refractivity (Wildman–Crippen MR) is 144 cm³/mol. The molecule has 39 heavy (non-hydrogen) atoms. The van der Waals surface area contributed by atoms with E-state index in [1.54, 1.807) is 18.2 Å². The van der Waals surface area contributed by atoms with Crippen molar-refractivity contribution >= 4 is 17.4 Å². The molecule has 4 aromatic rings. The van der Waals surface area contributed by atoms with Crippen LogP contribution in [0.3, 0.4) is 0 Å². The maximum Gasteiger partial charge on any atom is 0.433 e. The molecular formula is C28H30F3N7O. The van der Waals surface area contributed by atoms with Crippen LogP contribution in [0.1, 0.15) is 49.7 Å². The highest BCUT2D eigenvalue weighted by molar-refractivity contribution is 6.04. The molecular weight excluding hydrogens is 507 g/mol. The van der Waals surface area contributed by atoms with Crippen LogP contribution in [-0.4, -0.2) is 44.0 Å². The summed E-state index contributed by atoms with van der Waals surface area (Å²) in [5.41, 5.74) is 0.922. The zero-order valence-corrected chi connectivity index (χ0v) is 22.0. The standard InChI is InChI=1S/C28H30F3N7O/c1-4-14-37(18-19(3)5-2)22-10-6-8-20(15-22)27(39)33-25-11-12-26(35-34-25)38-24(28(29,30)31)16-23(36-38)21-9-7-13-32-17-21/h6-13,15-17,19H,4-5,14,18H2,1-3H3,(H,33,34,39). The van der Waals surface area contributed by atoms with E-state index in [4.69, 9.17) is 0 Å². The fraction of sp³-hybridized carbons (Fsp3) is 0.321. The summed E-state index contributed by atoms with van der Waals surface area (Å²) in [7, 11) is 0. The molecule has 0 bridgehead atoms. The minimum atomic E-state index is -4.67. The fourth-order valence-corrected chi connectivity index (χ4v) is 4.05. The first kappa shape index (κ1) is 27.7. The highest BCUT2D eigenvalue weighted by Crippen LogP contribution is 2.33. The number of anilines is 2. The van der Waals surface area contributed by atoms with Crippen molar-refractivity contribution in [2.75, 3.05) is 23.3 Å². The Bertz CT molecular complexity index is 1390. The number of pyridine rings is 1. The number of hydrogen-bond acceptors (Lipinski definition) is 6. The molecule has 0 radical (unpaired) electrons. The Balaban J connectivity index is 1.54. The average Bonchev–Trinajstić information content (AvgIpc) is 3.40. The number of rotatable bonds is 10. The van der Waals surface area contributed by atoms with Gasteiger partial charge in [0.2, 0.25) is 0 Å². The predicted octanol–water partition coefficient (Wildman–Crippen LogP) is 6.26. The van der Waals surface area contributed by atoms with Crippen LogP contribution >= 0.6 is 0 Å². The van der Waals surface area contributed by atoms with Gasteiger partial charge in [-0.15, -0.1) is 10.2 Å². The molecule has 1 amide bonds. The molecule has 0 aliphatic heterocycles. The van der Waals surface area contributed by atoms with E-state index in [0.717, 1.165) is 37.7 Å². The number of halogens is 3. The molecule has 3 aromatic heterocycles. The van der Waals surface area contributed by atoms with Crippen LogP contribution in [0.2, 0.25) is 0 Å². The molecule has 0 saturated carbocycles. The number of aromatic nitrogens is 5. The molecule has 3 heterocycles. The number of benzene rings is 1. The van der Waals surface area contributed by atoms with Crippen molar-refractivity contribution in [1.82, 2.24) is 25.0 Å². The highest BCUT2D eigenvalue weighted by atomic mass is 19.4. The number of carbonyl (C=O) groups excluding carboxylic acids is 1. The monoisotopic (exact) mass is 537 g/mol. The first-order valence-electron chi connectivity index (χ1n) is 12.8. The summed E-state index contributed by atoms with van der Waals surface area (Å²) in [4.78, 5) is 19.2. The number of amides is 1. The molecule has 0 aliphatic rings. The number of carbonyl (C=O) groups is 1. The minimum absolute atomic E-state index is 0.0972. The van der Waals surface area contributed by atoms with Crippen LogP contribution in [0.5, 0.6) is 0 Å². The third-order valence-corrected chi connectivity index (χ3v) is 6.26. The quantitative estimate of drug-likeness (QED) is 0.257. The third kappa shape index (κ3) is 6.78. The zero-order valence-electron chi connectivity index (χ0n) is 22.0. The first-order valence-corrected chi connectivity index (χ1v) is 12.8. The highest BCUT2D eigenvalue weighted by Gasteiger charge is 2.37. The van der Waals surface area contributed by atoms with Gasteiger partial charge < -0.3 is 10.2 Å². The van der Waals surface area contributed by atoms with Crippen molar-refractivity contribution in [3.8, 4) is 17.1 Å². The number of alkyl halides is 3. The second-order valence-corrected chi connectivity index (χ2v) is 9.31. The summed E-state index contributed by atoms with van der Waals surface area (Å²) in [6, 6.07) is 14.2. The summed E-state index contributed by atoms with van der Waals surface area (Å²) in [6.45, 7) is 8.22. The van der Waals surface area contributed by atoms with Crippen molar-refractivity contribution in [2.24, 2.45) is 5.92 Å². The van der Waals surface area contributed by atoms with E-state index in [9.17, 15) is 18.0 Å². The van der Waals surface area contributed by atoms with Gasteiger partial charge in [-0.05, 0) is 60.9 Å². The first-order chi connectivity index (χ1) is 18.7. The van der Waals surface area contributed by atoms with Crippen LogP contribution in [0.25, 0.3) is 17.1 Å². The molecule has 0 aliphatic carbocycles. The third-order valence-electron chi connectivity index (χ3n) is 6.26. The van der Waals surface area contributed by atoms with Gasteiger partial charge in [0.15, 0.2) is 17.3 Å². The van der Waals surface area contributed by atoms with Crippen molar-refractivity contribution in [3.63, 3.8) is 0 Å². The summed E-state index contributed by atoms with van der Waals surface area (Å²) < 4.78 is 41.9. The smallest absolute Gasteiger partial charge is 0.371 e. The minimum Gasteiger partial charge on any atom is -0.371 e. The Labute approximate surface area is 224 Å². The van der Waals surface area contributed by atoms with E-state index in [1.165, 1.54) is 24.5 Å². The van der Waals surface area contributed by atoms with Crippen LogP contribution in [0.4, 0.5) is 24.7 Å². The van der Waals surface area contributed by atoms with Gasteiger partial charge >= 0.3 is 6.18 Å². The van der Waals surface area contributed by atoms with Gasteiger partial charge in [0.05, 0.1) is 5.69 Å². The topological polar surface area (TPSA) is 88.8 Å². The Morgan fingerprint density at radius 3 is 2.54 bits per heavy atom. The average molecular weight is 538 g/mol. The van der Waals surface area contributed by atoms with Crippen molar-refractivity contribution in [3.05, 3.63) is 78.2 Å². The van der Waals surface area contributed by atoms with Gasteiger partial charge in [-0.1, -0.05) is 33.3 Å². The lowest BCUT2D eigenvalue weighted by atomic mass is 10.1. The SMILES string of the molecule is CCCN(CC(C)CC)c1cccc(C(=O)Nc2ccc(-n3nc(-c4cccnc4)cc3C(F)(F)F)nn2)c1. The largest absolute Gasteiger partial charge is 0.433 e. The number of nitrogens with one attached hydrogen (secondary N) is 1. The van der Waals surface area contributed by atoms with Gasteiger partial charge in [0.1, 0.15) is 0 Å². The van der Waals surface area contributed by atoms with E-state index in [-0.39, 0.29) is 17.3 Å². The van der Waals surface area contributed by atoms with Crippen LogP contribution in [0, 0.1) is 5.92 Å². The van der Waals surface area contributed by atoms with Crippen LogP contribution < -0.4 is 10.2 Å². The molecule has 1 aromatic carbocycles. The molecule has 4 rings (SSSR count). The van der Waals surface area contributed by atoms with E-state index < -0.39 is 17.8 Å². The molecule has 0 saturated heterocycles.